The molecule has 1 aliphatic rings. The summed E-state index contributed by atoms with van der Waals surface area (Å²) in [5, 5.41) is 0. The summed E-state index contributed by atoms with van der Waals surface area (Å²) >= 11 is 0. The average molecular weight is 377 g/mol. The van der Waals surface area contributed by atoms with Crippen molar-refractivity contribution < 1.29 is 17.9 Å². The molecule has 0 radical (unpaired) electrons. The zero-order valence-electron chi connectivity index (χ0n) is 15.1. The Hall–Kier alpha value is -2.16. The van der Waals surface area contributed by atoms with Gasteiger partial charge in [-0.1, -0.05) is 6.92 Å². The molecule has 1 aromatic carbocycles. The van der Waals surface area contributed by atoms with Gasteiger partial charge in [-0.25, -0.2) is 17.7 Å². The molecule has 0 amide bonds. The molecule has 1 fully saturated rings. The number of anilines is 1. The van der Waals surface area contributed by atoms with Crippen LogP contribution in [0, 0.1) is 5.41 Å². The molecular formula is C18H23N3O4S. The first kappa shape index (κ1) is 18.6. The van der Waals surface area contributed by atoms with Crippen LogP contribution in [0.25, 0.3) is 11.1 Å². The van der Waals surface area contributed by atoms with Crippen molar-refractivity contribution in [2.24, 2.45) is 5.41 Å². The third-order valence-electron chi connectivity index (χ3n) is 4.48. The smallest absolute Gasteiger partial charge is 0.242 e. The van der Waals surface area contributed by atoms with E-state index in [0.717, 1.165) is 5.56 Å². The molecule has 0 bridgehead atoms. The summed E-state index contributed by atoms with van der Waals surface area (Å²) < 4.78 is 38.0. The van der Waals surface area contributed by atoms with Gasteiger partial charge in [-0.2, -0.15) is 0 Å². The number of hydrogen-bond acceptors (Lipinski definition) is 6. The predicted octanol–water partition coefficient (Wildman–Crippen LogP) is 2.00. The quantitative estimate of drug-likeness (QED) is 0.827. The van der Waals surface area contributed by atoms with E-state index in [1.807, 2.05) is 6.92 Å². The fourth-order valence-corrected chi connectivity index (χ4v) is 4.33. The van der Waals surface area contributed by atoms with E-state index in [-0.39, 0.29) is 10.3 Å². The SMILES string of the molecule is COc1ccc(S(=O)(=O)N(C)CC2(C)COC2)cc1-c1ccc(N)nc1. The molecule has 3 rings (SSSR count). The Morgan fingerprint density at radius 3 is 2.58 bits per heavy atom. The average Bonchev–Trinajstić information content (AvgIpc) is 2.60. The second-order valence-electron chi connectivity index (χ2n) is 6.90. The largest absolute Gasteiger partial charge is 0.496 e. The fourth-order valence-electron chi connectivity index (χ4n) is 2.98. The third kappa shape index (κ3) is 3.53. The molecule has 0 unspecified atom stereocenters. The Bertz CT molecular complexity index is 893. The van der Waals surface area contributed by atoms with Gasteiger partial charge in [0.2, 0.25) is 10.0 Å². The van der Waals surface area contributed by atoms with Crippen molar-refractivity contribution in [3.05, 3.63) is 36.5 Å². The first-order chi connectivity index (χ1) is 12.2. The maximum atomic E-state index is 13.0. The van der Waals surface area contributed by atoms with Crippen LogP contribution in [0.3, 0.4) is 0 Å². The second-order valence-corrected chi connectivity index (χ2v) is 8.94. The second kappa shape index (κ2) is 6.86. The Labute approximate surface area is 153 Å². The van der Waals surface area contributed by atoms with Gasteiger partial charge in [0, 0.05) is 36.3 Å². The highest BCUT2D eigenvalue weighted by Gasteiger charge is 2.37. The monoisotopic (exact) mass is 377 g/mol. The normalized spacial score (nSPS) is 16.3. The number of ether oxygens (including phenoxy) is 2. The molecule has 0 atom stereocenters. The molecule has 1 aliphatic heterocycles. The maximum Gasteiger partial charge on any atom is 0.242 e. The number of aromatic nitrogens is 1. The van der Waals surface area contributed by atoms with Gasteiger partial charge in [0.25, 0.3) is 0 Å². The molecule has 2 N–H and O–H groups in total. The Kier molecular flexibility index (Phi) is 4.92. The van der Waals surface area contributed by atoms with Crippen LogP contribution in [0.15, 0.2) is 41.4 Å². The van der Waals surface area contributed by atoms with Gasteiger partial charge in [0.15, 0.2) is 0 Å². The number of nitrogens with two attached hydrogens (primary N) is 1. The maximum absolute atomic E-state index is 13.0. The van der Waals surface area contributed by atoms with Crippen molar-refractivity contribution >= 4 is 15.8 Å². The van der Waals surface area contributed by atoms with Crippen LogP contribution >= 0.6 is 0 Å². The van der Waals surface area contributed by atoms with Crippen LogP contribution in [0.4, 0.5) is 5.82 Å². The molecule has 0 saturated carbocycles. The van der Waals surface area contributed by atoms with Crippen LogP contribution in [-0.2, 0) is 14.8 Å². The van der Waals surface area contributed by atoms with Crippen molar-refractivity contribution in [1.29, 1.82) is 0 Å². The molecule has 140 valence electrons. The predicted molar refractivity (Wildman–Crippen MR) is 99.4 cm³/mol. The van der Waals surface area contributed by atoms with E-state index >= 15 is 0 Å². The van der Waals surface area contributed by atoms with Crippen LogP contribution in [0.5, 0.6) is 5.75 Å². The van der Waals surface area contributed by atoms with Gasteiger partial charge in [-0.3, -0.25) is 0 Å². The van der Waals surface area contributed by atoms with Gasteiger partial charge in [-0.05, 0) is 30.3 Å². The molecule has 1 saturated heterocycles. The van der Waals surface area contributed by atoms with E-state index in [0.29, 0.717) is 36.9 Å². The number of sulfonamides is 1. The lowest BCUT2D eigenvalue weighted by molar-refractivity contribution is -0.106. The van der Waals surface area contributed by atoms with Gasteiger partial charge < -0.3 is 15.2 Å². The molecule has 8 heteroatoms. The molecule has 1 aromatic heterocycles. The van der Waals surface area contributed by atoms with Crippen molar-refractivity contribution in [3.63, 3.8) is 0 Å². The summed E-state index contributed by atoms with van der Waals surface area (Å²) in [6, 6.07) is 8.27. The molecule has 2 heterocycles. The van der Waals surface area contributed by atoms with Crippen LogP contribution in [0.2, 0.25) is 0 Å². The van der Waals surface area contributed by atoms with Gasteiger partial charge in [0.1, 0.15) is 11.6 Å². The minimum Gasteiger partial charge on any atom is -0.496 e. The Balaban J connectivity index is 1.97. The van der Waals surface area contributed by atoms with Crippen molar-refractivity contribution in [1.82, 2.24) is 9.29 Å². The van der Waals surface area contributed by atoms with Crippen molar-refractivity contribution in [2.45, 2.75) is 11.8 Å². The first-order valence-electron chi connectivity index (χ1n) is 8.19. The number of benzene rings is 1. The third-order valence-corrected chi connectivity index (χ3v) is 6.28. The zero-order chi connectivity index (χ0) is 18.9. The lowest BCUT2D eigenvalue weighted by atomic mass is 9.89. The molecule has 7 nitrogen and oxygen atoms in total. The summed E-state index contributed by atoms with van der Waals surface area (Å²) in [4.78, 5) is 4.28. The fraction of sp³-hybridized carbons (Fsp3) is 0.389. The van der Waals surface area contributed by atoms with E-state index in [2.05, 4.69) is 4.98 Å². The molecule has 0 aliphatic carbocycles. The molecule has 26 heavy (non-hydrogen) atoms. The van der Waals surface area contributed by atoms with Crippen LogP contribution < -0.4 is 10.5 Å². The Morgan fingerprint density at radius 1 is 1.31 bits per heavy atom. The van der Waals surface area contributed by atoms with E-state index in [4.69, 9.17) is 15.2 Å². The van der Waals surface area contributed by atoms with Gasteiger partial charge in [-0.15, -0.1) is 0 Å². The lowest BCUT2D eigenvalue weighted by Crippen LogP contribution is -2.49. The minimum atomic E-state index is -3.63. The lowest BCUT2D eigenvalue weighted by Gasteiger charge is -2.40. The number of rotatable bonds is 6. The Morgan fingerprint density at radius 2 is 2.04 bits per heavy atom. The number of hydrogen-bond donors (Lipinski definition) is 1. The van der Waals surface area contributed by atoms with E-state index < -0.39 is 10.0 Å². The molecule has 2 aromatic rings. The van der Waals surface area contributed by atoms with Crippen LogP contribution in [0.1, 0.15) is 6.92 Å². The standard InChI is InChI=1S/C18H23N3O4S/c1-18(11-25-12-18)10-21(2)26(22,23)14-5-6-16(24-3)15(8-14)13-4-7-17(19)20-9-13/h4-9H,10-12H2,1-3H3,(H2,19,20). The van der Waals surface area contributed by atoms with Crippen LogP contribution in [-0.4, -0.2) is 51.6 Å². The summed E-state index contributed by atoms with van der Waals surface area (Å²) in [6.45, 7) is 3.55. The van der Waals surface area contributed by atoms with E-state index in [1.54, 1.807) is 50.7 Å². The van der Waals surface area contributed by atoms with E-state index in [9.17, 15) is 8.42 Å². The number of nitrogen functional groups attached to an aromatic ring is 1. The number of nitrogens with zero attached hydrogens (tertiary/aromatic N) is 2. The van der Waals surface area contributed by atoms with E-state index in [1.165, 1.54) is 4.31 Å². The van der Waals surface area contributed by atoms with Crippen molar-refractivity contribution in [3.8, 4) is 16.9 Å². The van der Waals surface area contributed by atoms with Crippen molar-refractivity contribution in [2.75, 3.05) is 39.6 Å². The highest BCUT2D eigenvalue weighted by atomic mass is 32.2. The first-order valence-corrected chi connectivity index (χ1v) is 9.63. The molecule has 0 spiro atoms. The summed E-state index contributed by atoms with van der Waals surface area (Å²) in [5.74, 6) is 0.963. The zero-order valence-corrected chi connectivity index (χ0v) is 15.9. The highest BCUT2D eigenvalue weighted by molar-refractivity contribution is 7.89. The summed E-state index contributed by atoms with van der Waals surface area (Å²) in [7, 11) is -0.501. The van der Waals surface area contributed by atoms with Gasteiger partial charge >= 0.3 is 0 Å². The summed E-state index contributed by atoms with van der Waals surface area (Å²) in [5.41, 5.74) is 6.87. The number of methoxy groups -OCH3 is 1. The number of pyridine rings is 1. The minimum absolute atomic E-state index is 0.141. The summed E-state index contributed by atoms with van der Waals surface area (Å²) in [6.07, 6.45) is 1.60. The van der Waals surface area contributed by atoms with Gasteiger partial charge in [0.05, 0.1) is 25.2 Å². The molecular weight excluding hydrogens is 354 g/mol. The topological polar surface area (TPSA) is 94.8 Å². The highest BCUT2D eigenvalue weighted by Crippen LogP contribution is 2.34.